The summed E-state index contributed by atoms with van der Waals surface area (Å²) in [5.41, 5.74) is 0. The second-order valence-electron chi connectivity index (χ2n) is 1.73. The summed E-state index contributed by atoms with van der Waals surface area (Å²) >= 11 is 0. The lowest BCUT2D eigenvalue weighted by Crippen LogP contribution is -1.84. The molecule has 0 aromatic heterocycles. The van der Waals surface area contributed by atoms with Gasteiger partial charge in [0.25, 0.3) is 0 Å². The molecule has 1 rings (SSSR count). The zero-order chi connectivity index (χ0) is 7.56. The van der Waals surface area contributed by atoms with E-state index >= 15 is 0 Å². The predicted octanol–water partition coefficient (Wildman–Crippen LogP) is 0.560. The molecular formula is C6H5O3Si. The first-order valence-electron chi connectivity index (χ1n) is 2.60. The highest BCUT2D eigenvalue weighted by Crippen LogP contribution is 2.33. The maximum atomic E-state index is 8.99. The maximum absolute atomic E-state index is 8.99. The lowest BCUT2D eigenvalue weighted by Gasteiger charge is -2.02. The minimum absolute atomic E-state index is 0.191. The summed E-state index contributed by atoms with van der Waals surface area (Å²) in [5.74, 6) is -0.273. The Morgan fingerprint density at radius 2 is 2.00 bits per heavy atom. The van der Waals surface area contributed by atoms with Crippen molar-refractivity contribution in [3.8, 4) is 17.2 Å². The van der Waals surface area contributed by atoms with Gasteiger partial charge in [0.15, 0.2) is 11.5 Å². The summed E-state index contributed by atoms with van der Waals surface area (Å²) in [6, 6.07) is 4.44. The van der Waals surface area contributed by atoms with Crippen molar-refractivity contribution in [2.45, 2.75) is 0 Å². The number of phenolic OH excluding ortho intramolecular Hbond substituents is 2. The molecule has 0 fully saturated rings. The van der Waals surface area contributed by atoms with E-state index in [0.29, 0.717) is 0 Å². The molecule has 0 saturated heterocycles. The van der Waals surface area contributed by atoms with Crippen LogP contribution in [0.15, 0.2) is 18.2 Å². The average Bonchev–Trinajstić information content (AvgIpc) is 1.95. The Labute approximate surface area is 61.4 Å². The Bertz CT molecular complexity index is 236. The van der Waals surface area contributed by atoms with Crippen molar-refractivity contribution in [2.24, 2.45) is 0 Å². The van der Waals surface area contributed by atoms with E-state index in [1.54, 1.807) is 6.07 Å². The predicted molar refractivity (Wildman–Crippen MR) is 36.2 cm³/mol. The summed E-state index contributed by atoms with van der Waals surface area (Å²) in [6.45, 7) is 0. The number of hydrogen-bond donors (Lipinski definition) is 2. The topological polar surface area (TPSA) is 49.7 Å². The Balaban J connectivity index is 3.14. The molecule has 2 N–H and O–H groups in total. The number of rotatable bonds is 1. The summed E-state index contributed by atoms with van der Waals surface area (Å²) in [4.78, 5) is 0. The summed E-state index contributed by atoms with van der Waals surface area (Å²) in [7, 11) is 2.72. The molecule has 10 heavy (non-hydrogen) atoms. The van der Waals surface area contributed by atoms with Gasteiger partial charge >= 0.3 is 10.5 Å². The van der Waals surface area contributed by atoms with Gasteiger partial charge in [0.2, 0.25) is 0 Å². The van der Waals surface area contributed by atoms with Gasteiger partial charge in [-0.3, -0.25) is 0 Å². The molecule has 0 amide bonds. The number of benzene rings is 1. The van der Waals surface area contributed by atoms with Crippen LogP contribution in [0.5, 0.6) is 17.2 Å². The molecule has 51 valence electrons. The van der Waals surface area contributed by atoms with Crippen LogP contribution in [0.25, 0.3) is 0 Å². The lowest BCUT2D eigenvalue weighted by molar-refractivity contribution is 0.389. The molecule has 3 radical (unpaired) electrons. The Kier molecular flexibility index (Phi) is 1.82. The van der Waals surface area contributed by atoms with Crippen LogP contribution in [-0.2, 0) is 0 Å². The molecule has 1 aromatic rings. The minimum Gasteiger partial charge on any atom is -0.538 e. The number of hydrogen-bond acceptors (Lipinski definition) is 3. The van der Waals surface area contributed by atoms with Gasteiger partial charge in [0.1, 0.15) is 5.75 Å². The zero-order valence-electron chi connectivity index (χ0n) is 5.03. The highest BCUT2D eigenvalue weighted by atomic mass is 28.2. The SMILES string of the molecule is Oc1cccc(O[Si])c1O. The van der Waals surface area contributed by atoms with E-state index in [2.05, 4.69) is 14.9 Å². The first-order valence-corrected chi connectivity index (χ1v) is 3.01. The summed E-state index contributed by atoms with van der Waals surface area (Å²) in [6.07, 6.45) is 0. The molecule has 0 heterocycles. The molecule has 0 aliphatic heterocycles. The fourth-order valence-corrected chi connectivity index (χ4v) is 0.758. The van der Waals surface area contributed by atoms with Gasteiger partial charge in [-0.15, -0.1) is 0 Å². The van der Waals surface area contributed by atoms with E-state index in [-0.39, 0.29) is 17.2 Å². The number of phenols is 2. The number of aromatic hydroxyl groups is 2. The first-order chi connectivity index (χ1) is 4.75. The van der Waals surface area contributed by atoms with Gasteiger partial charge < -0.3 is 14.6 Å². The van der Waals surface area contributed by atoms with Crippen LogP contribution in [0.1, 0.15) is 0 Å². The standard InChI is InChI=1S/C6H5O3Si/c7-4-2-1-3-5(9-10)6(4)8/h1-3,7-8H. The van der Waals surface area contributed by atoms with Crippen molar-refractivity contribution in [3.63, 3.8) is 0 Å². The van der Waals surface area contributed by atoms with Gasteiger partial charge in [-0.25, -0.2) is 0 Å². The van der Waals surface area contributed by atoms with E-state index in [1.165, 1.54) is 12.1 Å². The second-order valence-corrected chi connectivity index (χ2v) is 1.93. The van der Waals surface area contributed by atoms with Crippen molar-refractivity contribution < 1.29 is 14.6 Å². The molecular weight excluding hydrogens is 148 g/mol. The van der Waals surface area contributed by atoms with Crippen LogP contribution in [-0.4, -0.2) is 20.7 Å². The smallest absolute Gasteiger partial charge is 0.341 e. The van der Waals surface area contributed by atoms with Crippen LogP contribution in [0, 0.1) is 0 Å². The van der Waals surface area contributed by atoms with E-state index in [9.17, 15) is 0 Å². The molecule has 3 nitrogen and oxygen atoms in total. The van der Waals surface area contributed by atoms with Crippen molar-refractivity contribution in [1.82, 2.24) is 0 Å². The molecule has 1 aromatic carbocycles. The van der Waals surface area contributed by atoms with Crippen LogP contribution in [0.3, 0.4) is 0 Å². The first kappa shape index (κ1) is 6.95. The van der Waals surface area contributed by atoms with Gasteiger partial charge in [0.05, 0.1) is 0 Å². The quantitative estimate of drug-likeness (QED) is 0.458. The van der Waals surface area contributed by atoms with E-state index in [0.717, 1.165) is 0 Å². The van der Waals surface area contributed by atoms with E-state index in [1.807, 2.05) is 0 Å². The van der Waals surface area contributed by atoms with Gasteiger partial charge in [-0.05, 0) is 12.1 Å². The minimum atomic E-state index is -0.266. The van der Waals surface area contributed by atoms with Crippen molar-refractivity contribution >= 4 is 10.5 Å². The van der Waals surface area contributed by atoms with Gasteiger partial charge in [0, 0.05) is 0 Å². The Hall–Kier alpha value is -1.16. The highest BCUT2D eigenvalue weighted by Gasteiger charge is 2.03. The third kappa shape index (κ3) is 1.06. The molecule has 0 spiro atoms. The highest BCUT2D eigenvalue weighted by molar-refractivity contribution is 6.00. The lowest BCUT2D eigenvalue weighted by atomic mass is 10.3. The monoisotopic (exact) mass is 153 g/mol. The van der Waals surface area contributed by atoms with Crippen LogP contribution in [0.2, 0.25) is 0 Å². The van der Waals surface area contributed by atoms with E-state index in [4.69, 9.17) is 10.2 Å². The molecule has 0 atom stereocenters. The third-order valence-corrected chi connectivity index (χ3v) is 1.31. The van der Waals surface area contributed by atoms with Crippen LogP contribution < -0.4 is 4.43 Å². The maximum Gasteiger partial charge on any atom is 0.341 e. The average molecular weight is 153 g/mol. The van der Waals surface area contributed by atoms with Crippen LogP contribution in [0.4, 0.5) is 0 Å². The fourth-order valence-electron chi connectivity index (χ4n) is 0.593. The van der Waals surface area contributed by atoms with Crippen molar-refractivity contribution in [3.05, 3.63) is 18.2 Å². The second kappa shape index (κ2) is 2.61. The van der Waals surface area contributed by atoms with Gasteiger partial charge in [-0.2, -0.15) is 0 Å². The normalized spacial score (nSPS) is 9.30. The Morgan fingerprint density at radius 3 is 2.50 bits per heavy atom. The summed E-state index contributed by atoms with van der Waals surface area (Å²) in [5, 5.41) is 17.9. The molecule has 0 bridgehead atoms. The van der Waals surface area contributed by atoms with Gasteiger partial charge in [-0.1, -0.05) is 6.07 Å². The largest absolute Gasteiger partial charge is 0.538 e. The zero-order valence-corrected chi connectivity index (χ0v) is 6.03. The third-order valence-electron chi connectivity index (χ3n) is 1.09. The molecule has 4 heteroatoms. The fraction of sp³-hybridized carbons (Fsp3) is 0. The molecule has 0 aliphatic carbocycles. The van der Waals surface area contributed by atoms with Crippen LogP contribution >= 0.6 is 0 Å². The molecule has 0 saturated carbocycles. The Morgan fingerprint density at radius 1 is 1.30 bits per heavy atom. The summed E-state index contributed by atoms with van der Waals surface area (Å²) < 4.78 is 4.52. The molecule has 0 aliphatic rings. The van der Waals surface area contributed by atoms with E-state index < -0.39 is 0 Å². The van der Waals surface area contributed by atoms with Crippen molar-refractivity contribution in [1.29, 1.82) is 0 Å². The number of para-hydroxylation sites is 1. The molecule has 0 unspecified atom stereocenters. The van der Waals surface area contributed by atoms with Crippen molar-refractivity contribution in [2.75, 3.05) is 0 Å².